The molecule has 0 fully saturated rings. The van der Waals surface area contributed by atoms with Gasteiger partial charge in [-0.1, -0.05) is 51.5 Å². The van der Waals surface area contributed by atoms with Gasteiger partial charge in [-0.05, 0) is 19.8 Å². The molecule has 0 bridgehead atoms. The van der Waals surface area contributed by atoms with Crippen LogP contribution in [0.25, 0.3) is 0 Å². The lowest BCUT2D eigenvalue weighted by atomic mass is 10.1. The van der Waals surface area contributed by atoms with Gasteiger partial charge in [-0.25, -0.2) is 0 Å². The summed E-state index contributed by atoms with van der Waals surface area (Å²) in [5.41, 5.74) is 1.44. The average Bonchev–Trinajstić information content (AvgIpc) is 2.05. The highest BCUT2D eigenvalue weighted by Gasteiger charge is 1.84. The van der Waals surface area contributed by atoms with Crippen LogP contribution in [0.1, 0.15) is 47.0 Å². The highest BCUT2D eigenvalue weighted by Crippen LogP contribution is 2.04. The molecule has 0 aromatic rings. The Morgan fingerprint density at radius 3 is 2.27 bits per heavy atom. The van der Waals surface area contributed by atoms with E-state index in [1.165, 1.54) is 24.8 Å². The van der Waals surface area contributed by atoms with Crippen LogP contribution in [0.15, 0.2) is 24.3 Å². The predicted octanol–water partition coefficient (Wildman–Crippen LogP) is 4.34. The van der Waals surface area contributed by atoms with Crippen LogP contribution in [0, 0.1) is 0 Å². The zero-order chi connectivity index (χ0) is 9.11. The summed E-state index contributed by atoms with van der Waals surface area (Å²) in [6.45, 7) is 12.0. The van der Waals surface area contributed by atoms with Crippen LogP contribution >= 0.6 is 0 Å². The fourth-order valence-corrected chi connectivity index (χ4v) is 0.740. The molecule has 0 saturated carbocycles. The summed E-state index contributed by atoms with van der Waals surface area (Å²) in [5, 5.41) is 0. The molecule has 0 aliphatic rings. The molecular formula is C11H22. The van der Waals surface area contributed by atoms with Crippen molar-refractivity contribution < 1.29 is 0 Å². The van der Waals surface area contributed by atoms with Crippen LogP contribution < -0.4 is 0 Å². The molecule has 0 rings (SSSR count). The molecule has 0 nitrogen and oxygen atoms in total. The third kappa shape index (κ3) is 12.6. The van der Waals surface area contributed by atoms with Gasteiger partial charge in [-0.15, -0.1) is 0 Å². The molecule has 0 spiro atoms. The van der Waals surface area contributed by atoms with Gasteiger partial charge in [0.05, 0.1) is 0 Å². The smallest absolute Gasteiger partial charge is 0.0320 e. The molecule has 0 aromatic carbocycles. The molecule has 0 aliphatic carbocycles. The van der Waals surface area contributed by atoms with E-state index in [0.29, 0.717) is 0 Å². The zero-order valence-electron chi connectivity index (χ0n) is 8.48. The highest BCUT2D eigenvalue weighted by molar-refractivity contribution is 5.07. The van der Waals surface area contributed by atoms with E-state index in [1.54, 1.807) is 0 Å². The van der Waals surface area contributed by atoms with Gasteiger partial charge >= 0.3 is 0 Å². The molecule has 0 N–H and O–H groups in total. The maximum Gasteiger partial charge on any atom is -0.0320 e. The SMILES string of the molecule is C=C/C=C(/C)CCCC.CC. The van der Waals surface area contributed by atoms with E-state index in [0.717, 1.165) is 0 Å². The van der Waals surface area contributed by atoms with Crippen LogP contribution in [-0.2, 0) is 0 Å². The lowest BCUT2D eigenvalue weighted by Crippen LogP contribution is -1.74. The molecule has 0 aromatic heterocycles. The summed E-state index contributed by atoms with van der Waals surface area (Å²) in [6.07, 6.45) is 7.74. The van der Waals surface area contributed by atoms with E-state index >= 15 is 0 Å². The van der Waals surface area contributed by atoms with Crippen LogP contribution in [0.2, 0.25) is 0 Å². The largest absolute Gasteiger partial charge is 0.0991 e. The Kier molecular flexibility index (Phi) is 14.5. The first-order valence-corrected chi connectivity index (χ1v) is 4.59. The molecular weight excluding hydrogens is 132 g/mol. The van der Waals surface area contributed by atoms with Crippen LogP contribution in [0.4, 0.5) is 0 Å². The van der Waals surface area contributed by atoms with E-state index in [1.807, 2.05) is 19.9 Å². The van der Waals surface area contributed by atoms with Crippen molar-refractivity contribution in [2.45, 2.75) is 47.0 Å². The summed E-state index contributed by atoms with van der Waals surface area (Å²) >= 11 is 0. The molecule has 66 valence electrons. The first kappa shape index (κ1) is 13.1. The Bertz CT molecular complexity index is 98.6. The van der Waals surface area contributed by atoms with E-state index < -0.39 is 0 Å². The summed E-state index contributed by atoms with van der Waals surface area (Å²) in [6, 6.07) is 0. The second-order valence-corrected chi connectivity index (χ2v) is 2.35. The van der Waals surface area contributed by atoms with Gasteiger partial charge in [0.15, 0.2) is 0 Å². The van der Waals surface area contributed by atoms with E-state index in [9.17, 15) is 0 Å². The number of hydrogen-bond donors (Lipinski definition) is 0. The van der Waals surface area contributed by atoms with Crippen molar-refractivity contribution in [2.75, 3.05) is 0 Å². The number of rotatable bonds is 4. The topological polar surface area (TPSA) is 0 Å². The molecule has 0 saturated heterocycles. The molecule has 0 radical (unpaired) electrons. The first-order chi connectivity index (χ1) is 5.31. The first-order valence-electron chi connectivity index (χ1n) is 4.59. The summed E-state index contributed by atoms with van der Waals surface area (Å²) in [7, 11) is 0. The number of hydrogen-bond acceptors (Lipinski definition) is 0. The molecule has 0 unspecified atom stereocenters. The van der Waals surface area contributed by atoms with E-state index in [-0.39, 0.29) is 0 Å². The molecule has 0 amide bonds. The van der Waals surface area contributed by atoms with Gasteiger partial charge < -0.3 is 0 Å². The number of allylic oxidation sites excluding steroid dienone is 3. The van der Waals surface area contributed by atoms with E-state index in [2.05, 4.69) is 26.5 Å². The third-order valence-electron chi connectivity index (χ3n) is 1.33. The molecule has 0 heteroatoms. The van der Waals surface area contributed by atoms with Crippen molar-refractivity contribution >= 4 is 0 Å². The summed E-state index contributed by atoms with van der Waals surface area (Å²) in [4.78, 5) is 0. The van der Waals surface area contributed by atoms with Crippen molar-refractivity contribution in [3.63, 3.8) is 0 Å². The van der Waals surface area contributed by atoms with Crippen LogP contribution in [-0.4, -0.2) is 0 Å². The van der Waals surface area contributed by atoms with Crippen molar-refractivity contribution in [2.24, 2.45) is 0 Å². The average molecular weight is 154 g/mol. The van der Waals surface area contributed by atoms with E-state index in [4.69, 9.17) is 0 Å². The van der Waals surface area contributed by atoms with Crippen molar-refractivity contribution in [3.05, 3.63) is 24.3 Å². The normalized spacial score (nSPS) is 10.0. The Morgan fingerprint density at radius 2 is 1.91 bits per heavy atom. The maximum absolute atomic E-state index is 3.63. The standard InChI is InChI=1S/C9H16.C2H6/c1-4-6-8-9(3)7-5-2;1-2/h5,7H,2,4,6,8H2,1,3H3;1-2H3/b9-7-;. The highest BCUT2D eigenvalue weighted by atomic mass is 13.9. The van der Waals surface area contributed by atoms with Gasteiger partial charge in [0.2, 0.25) is 0 Å². The maximum atomic E-state index is 3.63. The molecule has 0 atom stereocenters. The monoisotopic (exact) mass is 154 g/mol. The molecule has 0 aliphatic heterocycles. The summed E-state index contributed by atoms with van der Waals surface area (Å²) < 4.78 is 0. The van der Waals surface area contributed by atoms with Crippen molar-refractivity contribution in [1.82, 2.24) is 0 Å². The second kappa shape index (κ2) is 12.2. The quantitative estimate of drug-likeness (QED) is 0.528. The fraction of sp³-hybridized carbons (Fsp3) is 0.636. The van der Waals surface area contributed by atoms with Gasteiger partial charge in [0.1, 0.15) is 0 Å². The lowest BCUT2D eigenvalue weighted by molar-refractivity contribution is 0.787. The number of unbranched alkanes of at least 4 members (excludes halogenated alkanes) is 1. The lowest BCUT2D eigenvalue weighted by Gasteiger charge is -1.95. The minimum atomic E-state index is 1.22. The third-order valence-corrected chi connectivity index (χ3v) is 1.33. The minimum Gasteiger partial charge on any atom is -0.0991 e. The van der Waals surface area contributed by atoms with Crippen molar-refractivity contribution in [1.29, 1.82) is 0 Å². The second-order valence-electron chi connectivity index (χ2n) is 2.35. The molecule has 11 heavy (non-hydrogen) atoms. The van der Waals surface area contributed by atoms with Gasteiger partial charge in [0, 0.05) is 0 Å². The Hall–Kier alpha value is -0.520. The summed E-state index contributed by atoms with van der Waals surface area (Å²) in [5.74, 6) is 0. The van der Waals surface area contributed by atoms with Gasteiger partial charge in [0.25, 0.3) is 0 Å². The van der Waals surface area contributed by atoms with Crippen LogP contribution in [0.5, 0.6) is 0 Å². The fourth-order valence-electron chi connectivity index (χ4n) is 0.740. The van der Waals surface area contributed by atoms with Gasteiger partial charge in [-0.3, -0.25) is 0 Å². The zero-order valence-corrected chi connectivity index (χ0v) is 8.48. The minimum absolute atomic E-state index is 1.22. The Labute approximate surface area is 72.0 Å². The van der Waals surface area contributed by atoms with Crippen molar-refractivity contribution in [3.8, 4) is 0 Å². The predicted molar refractivity (Wildman–Crippen MR) is 54.8 cm³/mol. The molecule has 0 heterocycles. The van der Waals surface area contributed by atoms with Gasteiger partial charge in [-0.2, -0.15) is 0 Å². The Morgan fingerprint density at radius 1 is 1.36 bits per heavy atom. The van der Waals surface area contributed by atoms with Crippen LogP contribution in [0.3, 0.4) is 0 Å². The Balaban J connectivity index is 0.